The first-order valence-electron chi connectivity index (χ1n) is 5.26. The summed E-state index contributed by atoms with van der Waals surface area (Å²) in [6.45, 7) is 1.79. The normalized spacial score (nSPS) is 10.8. The number of pyridine rings is 1. The van der Waals surface area contributed by atoms with Crippen molar-refractivity contribution >= 4 is 44.4 Å². The second-order valence-electron chi connectivity index (χ2n) is 3.59. The van der Waals surface area contributed by atoms with Crippen LogP contribution in [0.5, 0.6) is 0 Å². The zero-order chi connectivity index (χ0) is 14.2. The quantitative estimate of drug-likeness (QED) is 0.604. The number of nitrogens with zero attached hydrogens (tertiary/aromatic N) is 1. The summed E-state index contributed by atoms with van der Waals surface area (Å²) in [5, 5.41) is -0.276. The Balaban J connectivity index is 2.74. The van der Waals surface area contributed by atoms with Crippen molar-refractivity contribution < 1.29 is 18.3 Å². The summed E-state index contributed by atoms with van der Waals surface area (Å²) >= 11 is 8.75. The Hall–Kier alpha value is -1.27. The van der Waals surface area contributed by atoms with E-state index in [0.29, 0.717) is 0 Å². The standard InChI is InChI=1S/C12H7BrClF2NO2/c1-2-19-12(18)5-4-17-7-3-6(15)9(13)11(16)8(7)10(5)14/h3-4H,2H2,1H3. The van der Waals surface area contributed by atoms with E-state index in [1.807, 2.05) is 0 Å². The predicted octanol–water partition coefficient (Wildman–Crippen LogP) is 4.11. The molecule has 0 atom stereocenters. The molecule has 0 bridgehead atoms. The summed E-state index contributed by atoms with van der Waals surface area (Å²) in [4.78, 5) is 15.4. The first-order valence-corrected chi connectivity index (χ1v) is 6.43. The number of rotatable bonds is 2. The number of benzene rings is 1. The minimum atomic E-state index is -0.904. The third kappa shape index (κ3) is 2.42. The number of halogens is 4. The van der Waals surface area contributed by atoms with Gasteiger partial charge in [-0.25, -0.2) is 13.6 Å². The van der Waals surface area contributed by atoms with Crippen LogP contribution in [0.2, 0.25) is 5.02 Å². The molecule has 0 aliphatic heterocycles. The van der Waals surface area contributed by atoms with Crippen LogP contribution in [0.4, 0.5) is 8.78 Å². The number of esters is 1. The molecule has 1 heterocycles. The Morgan fingerprint density at radius 1 is 1.53 bits per heavy atom. The monoisotopic (exact) mass is 349 g/mol. The van der Waals surface area contributed by atoms with Crippen LogP contribution in [0.25, 0.3) is 10.9 Å². The summed E-state index contributed by atoms with van der Waals surface area (Å²) < 4.78 is 31.8. The molecular weight excluding hydrogens is 343 g/mol. The lowest BCUT2D eigenvalue weighted by Crippen LogP contribution is -2.07. The first kappa shape index (κ1) is 14.1. The van der Waals surface area contributed by atoms with E-state index >= 15 is 0 Å². The highest BCUT2D eigenvalue weighted by atomic mass is 79.9. The number of aromatic nitrogens is 1. The topological polar surface area (TPSA) is 39.2 Å². The molecule has 1 aromatic heterocycles. The summed E-state index contributed by atoms with van der Waals surface area (Å²) in [5.41, 5.74) is -0.0373. The Bertz CT molecular complexity index is 679. The van der Waals surface area contributed by atoms with Crippen molar-refractivity contribution in [3.05, 3.63) is 39.0 Å². The van der Waals surface area contributed by atoms with Crippen molar-refractivity contribution in [2.24, 2.45) is 0 Å². The van der Waals surface area contributed by atoms with Gasteiger partial charge in [-0.05, 0) is 22.9 Å². The lowest BCUT2D eigenvalue weighted by atomic mass is 10.1. The lowest BCUT2D eigenvalue weighted by molar-refractivity contribution is 0.0526. The molecule has 0 N–H and O–H groups in total. The lowest BCUT2D eigenvalue weighted by Gasteiger charge is -2.08. The third-order valence-corrected chi connectivity index (χ3v) is 3.54. The van der Waals surface area contributed by atoms with E-state index in [9.17, 15) is 13.6 Å². The summed E-state index contributed by atoms with van der Waals surface area (Å²) in [7, 11) is 0. The van der Waals surface area contributed by atoms with E-state index < -0.39 is 17.6 Å². The van der Waals surface area contributed by atoms with Crippen molar-refractivity contribution in [2.45, 2.75) is 6.92 Å². The van der Waals surface area contributed by atoms with Crippen molar-refractivity contribution in [1.82, 2.24) is 4.98 Å². The van der Waals surface area contributed by atoms with E-state index in [0.717, 1.165) is 12.3 Å². The number of hydrogen-bond donors (Lipinski definition) is 0. The molecule has 0 fully saturated rings. The van der Waals surface area contributed by atoms with Gasteiger partial charge < -0.3 is 4.74 Å². The van der Waals surface area contributed by atoms with E-state index in [2.05, 4.69) is 20.9 Å². The molecule has 100 valence electrons. The number of carbonyl (C=O) groups excluding carboxylic acids is 1. The third-order valence-electron chi connectivity index (χ3n) is 2.43. The van der Waals surface area contributed by atoms with E-state index in [4.69, 9.17) is 16.3 Å². The number of ether oxygens (including phenoxy) is 1. The average molecular weight is 351 g/mol. The van der Waals surface area contributed by atoms with Gasteiger partial charge in [0.15, 0.2) is 5.82 Å². The molecular formula is C12H7BrClF2NO2. The molecule has 0 saturated carbocycles. The fraction of sp³-hybridized carbons (Fsp3) is 0.167. The van der Waals surface area contributed by atoms with Gasteiger partial charge in [-0.15, -0.1) is 0 Å². The highest BCUT2D eigenvalue weighted by molar-refractivity contribution is 9.10. The van der Waals surface area contributed by atoms with Gasteiger partial charge in [0.25, 0.3) is 0 Å². The van der Waals surface area contributed by atoms with Gasteiger partial charge >= 0.3 is 5.97 Å². The number of fused-ring (bicyclic) bond motifs is 1. The van der Waals surface area contributed by atoms with Crippen molar-refractivity contribution in [3.63, 3.8) is 0 Å². The number of hydrogen-bond acceptors (Lipinski definition) is 3. The molecule has 0 aliphatic carbocycles. The van der Waals surface area contributed by atoms with Crippen LogP contribution in [0.15, 0.2) is 16.7 Å². The first-order chi connectivity index (χ1) is 8.97. The largest absolute Gasteiger partial charge is 0.462 e. The Labute approximate surface area is 120 Å². The van der Waals surface area contributed by atoms with Crippen LogP contribution < -0.4 is 0 Å². The highest BCUT2D eigenvalue weighted by Crippen LogP contribution is 2.33. The van der Waals surface area contributed by atoms with Crippen LogP contribution in [0.1, 0.15) is 17.3 Å². The molecule has 3 nitrogen and oxygen atoms in total. The predicted molar refractivity (Wildman–Crippen MR) is 70.3 cm³/mol. The minimum Gasteiger partial charge on any atom is -0.462 e. The molecule has 0 spiro atoms. The van der Waals surface area contributed by atoms with E-state index in [1.54, 1.807) is 6.92 Å². The smallest absolute Gasteiger partial charge is 0.341 e. The van der Waals surface area contributed by atoms with Gasteiger partial charge in [0.05, 0.1) is 32.6 Å². The zero-order valence-corrected chi connectivity index (χ0v) is 12.0. The van der Waals surface area contributed by atoms with Crippen molar-refractivity contribution in [3.8, 4) is 0 Å². The highest BCUT2D eigenvalue weighted by Gasteiger charge is 2.20. The maximum absolute atomic E-state index is 14.0. The van der Waals surface area contributed by atoms with E-state index in [1.165, 1.54) is 0 Å². The molecule has 19 heavy (non-hydrogen) atoms. The van der Waals surface area contributed by atoms with Gasteiger partial charge in [0, 0.05) is 12.3 Å². The maximum Gasteiger partial charge on any atom is 0.341 e. The summed E-state index contributed by atoms with van der Waals surface area (Å²) in [6.07, 6.45) is 1.13. The molecule has 0 unspecified atom stereocenters. The van der Waals surface area contributed by atoms with Gasteiger partial charge in [-0.3, -0.25) is 4.98 Å². The summed E-state index contributed by atoms with van der Waals surface area (Å²) in [5.74, 6) is -2.40. The average Bonchev–Trinajstić information content (AvgIpc) is 2.36. The maximum atomic E-state index is 14.0. The van der Waals surface area contributed by atoms with Crippen LogP contribution in [-0.4, -0.2) is 17.6 Å². The molecule has 1 aromatic carbocycles. The molecule has 0 radical (unpaired) electrons. The molecule has 0 amide bonds. The molecule has 2 rings (SSSR count). The van der Waals surface area contributed by atoms with Gasteiger partial charge in [-0.2, -0.15) is 0 Å². The van der Waals surface area contributed by atoms with Gasteiger partial charge in [0.2, 0.25) is 0 Å². The van der Waals surface area contributed by atoms with Gasteiger partial charge in [-0.1, -0.05) is 11.6 Å². The number of carbonyl (C=O) groups is 1. The Morgan fingerprint density at radius 3 is 2.84 bits per heavy atom. The molecule has 2 aromatic rings. The minimum absolute atomic E-state index is 0.0243. The Kier molecular flexibility index (Phi) is 4.01. The zero-order valence-electron chi connectivity index (χ0n) is 9.64. The second-order valence-corrected chi connectivity index (χ2v) is 4.76. The van der Waals surface area contributed by atoms with Gasteiger partial charge in [0.1, 0.15) is 5.82 Å². The van der Waals surface area contributed by atoms with Crippen molar-refractivity contribution in [2.75, 3.05) is 6.61 Å². The van der Waals surface area contributed by atoms with Crippen LogP contribution in [0.3, 0.4) is 0 Å². The van der Waals surface area contributed by atoms with E-state index in [-0.39, 0.29) is 32.6 Å². The molecule has 7 heteroatoms. The van der Waals surface area contributed by atoms with Crippen molar-refractivity contribution in [1.29, 1.82) is 0 Å². The van der Waals surface area contributed by atoms with Crippen LogP contribution in [-0.2, 0) is 4.74 Å². The van der Waals surface area contributed by atoms with Crippen LogP contribution in [0, 0.1) is 11.6 Å². The SMILES string of the molecule is CCOC(=O)c1cnc2cc(F)c(Br)c(F)c2c1Cl. The fourth-order valence-electron chi connectivity index (χ4n) is 1.57. The summed E-state index contributed by atoms with van der Waals surface area (Å²) in [6, 6.07) is 1.03. The second kappa shape index (κ2) is 5.38. The fourth-order valence-corrected chi connectivity index (χ4v) is 2.19. The van der Waals surface area contributed by atoms with Crippen LogP contribution >= 0.6 is 27.5 Å². The molecule has 0 saturated heterocycles. The Morgan fingerprint density at radius 2 is 2.21 bits per heavy atom. The molecule has 0 aliphatic rings.